The largest absolute Gasteiger partial charge is 0.480 e. The minimum absolute atomic E-state index is 0.135. The highest BCUT2D eigenvalue weighted by Crippen LogP contribution is 2.28. The number of rotatable bonds is 2. The molecule has 0 atom stereocenters. The standard InChI is InChI=1S/C7H5ClF3NO/c1-13-7-3(8)2-4(9)5(12-7)6(10)11/h2,6H,1H3. The molecule has 0 aliphatic heterocycles. The first-order chi connectivity index (χ1) is 6.06. The topological polar surface area (TPSA) is 22.1 Å². The van der Waals surface area contributed by atoms with Gasteiger partial charge in [0.15, 0.2) is 5.82 Å². The fourth-order valence-corrected chi connectivity index (χ4v) is 0.975. The summed E-state index contributed by atoms with van der Waals surface area (Å²) in [6.07, 6.45) is -2.98. The SMILES string of the molecule is COc1nc(C(F)F)c(F)cc1Cl. The zero-order valence-electron chi connectivity index (χ0n) is 6.52. The van der Waals surface area contributed by atoms with Gasteiger partial charge in [-0.1, -0.05) is 11.6 Å². The third kappa shape index (κ3) is 2.03. The summed E-state index contributed by atoms with van der Waals surface area (Å²) in [6, 6.07) is 0.745. The van der Waals surface area contributed by atoms with Crippen molar-refractivity contribution < 1.29 is 17.9 Å². The summed E-state index contributed by atoms with van der Waals surface area (Å²) in [5.74, 6) is -1.35. The van der Waals surface area contributed by atoms with E-state index in [1.54, 1.807) is 0 Å². The summed E-state index contributed by atoms with van der Waals surface area (Å²) in [5.41, 5.74) is -0.957. The minimum atomic E-state index is -2.98. The first-order valence-corrected chi connectivity index (χ1v) is 3.62. The van der Waals surface area contributed by atoms with Crippen molar-refractivity contribution >= 4 is 11.6 Å². The Morgan fingerprint density at radius 2 is 2.15 bits per heavy atom. The monoisotopic (exact) mass is 211 g/mol. The second-order valence-corrected chi connectivity index (χ2v) is 2.55. The molecule has 0 radical (unpaired) electrons. The van der Waals surface area contributed by atoms with Crippen LogP contribution in [-0.2, 0) is 0 Å². The normalized spacial score (nSPS) is 10.6. The lowest BCUT2D eigenvalue weighted by atomic mass is 10.3. The molecular weight excluding hydrogens is 207 g/mol. The van der Waals surface area contributed by atoms with E-state index in [1.807, 2.05) is 0 Å². The van der Waals surface area contributed by atoms with Crippen LogP contribution in [0.2, 0.25) is 5.02 Å². The van der Waals surface area contributed by atoms with E-state index in [2.05, 4.69) is 9.72 Å². The van der Waals surface area contributed by atoms with Crippen molar-refractivity contribution in [1.82, 2.24) is 4.98 Å². The fraction of sp³-hybridized carbons (Fsp3) is 0.286. The molecule has 1 heterocycles. The van der Waals surface area contributed by atoms with Crippen molar-refractivity contribution in [2.24, 2.45) is 0 Å². The Morgan fingerprint density at radius 1 is 1.54 bits per heavy atom. The molecule has 1 rings (SSSR count). The molecule has 2 nitrogen and oxygen atoms in total. The summed E-state index contributed by atoms with van der Waals surface area (Å²) in [6.45, 7) is 0. The van der Waals surface area contributed by atoms with Gasteiger partial charge in [-0.15, -0.1) is 0 Å². The van der Waals surface area contributed by atoms with Crippen LogP contribution in [0.4, 0.5) is 13.2 Å². The number of halogens is 4. The predicted molar refractivity (Wildman–Crippen MR) is 40.7 cm³/mol. The number of alkyl halides is 2. The van der Waals surface area contributed by atoms with Crippen molar-refractivity contribution in [3.63, 3.8) is 0 Å². The van der Waals surface area contributed by atoms with Gasteiger partial charge in [-0.05, 0) is 0 Å². The van der Waals surface area contributed by atoms with Gasteiger partial charge < -0.3 is 4.74 Å². The quantitative estimate of drug-likeness (QED) is 0.751. The third-order valence-corrected chi connectivity index (χ3v) is 1.60. The number of ether oxygens (including phenoxy) is 1. The van der Waals surface area contributed by atoms with Gasteiger partial charge in [0.25, 0.3) is 6.43 Å². The number of pyridine rings is 1. The molecule has 13 heavy (non-hydrogen) atoms. The number of nitrogens with zero attached hydrogens (tertiary/aromatic N) is 1. The summed E-state index contributed by atoms with van der Waals surface area (Å²) >= 11 is 5.43. The Labute approximate surface area is 77.3 Å². The van der Waals surface area contributed by atoms with Crippen LogP contribution in [0.15, 0.2) is 6.07 Å². The second-order valence-electron chi connectivity index (χ2n) is 2.15. The molecule has 0 aliphatic carbocycles. The predicted octanol–water partition coefficient (Wildman–Crippen LogP) is 2.82. The Bertz CT molecular complexity index is 319. The van der Waals surface area contributed by atoms with Crippen LogP contribution in [0, 0.1) is 5.82 Å². The molecular formula is C7H5ClF3NO. The first-order valence-electron chi connectivity index (χ1n) is 3.24. The molecule has 0 saturated heterocycles. The van der Waals surface area contributed by atoms with Crippen molar-refractivity contribution in [3.8, 4) is 5.88 Å². The summed E-state index contributed by atoms with van der Waals surface area (Å²) < 4.78 is 41.4. The Morgan fingerprint density at radius 3 is 2.62 bits per heavy atom. The zero-order valence-corrected chi connectivity index (χ0v) is 7.28. The van der Waals surface area contributed by atoms with Gasteiger partial charge in [-0.25, -0.2) is 18.2 Å². The Balaban J connectivity index is 3.22. The average Bonchev–Trinajstić information content (AvgIpc) is 2.03. The molecule has 0 spiro atoms. The van der Waals surface area contributed by atoms with E-state index in [-0.39, 0.29) is 10.9 Å². The zero-order chi connectivity index (χ0) is 10.0. The lowest BCUT2D eigenvalue weighted by Crippen LogP contribution is -1.99. The molecule has 0 fully saturated rings. The van der Waals surface area contributed by atoms with Gasteiger partial charge in [0.2, 0.25) is 5.88 Å². The van der Waals surface area contributed by atoms with E-state index in [0.29, 0.717) is 0 Å². The maximum absolute atomic E-state index is 12.7. The molecule has 0 unspecified atom stereocenters. The van der Waals surface area contributed by atoms with Gasteiger partial charge in [0, 0.05) is 6.07 Å². The van der Waals surface area contributed by atoms with Crippen molar-refractivity contribution in [2.75, 3.05) is 7.11 Å². The molecule has 1 aromatic rings. The molecule has 0 amide bonds. The maximum atomic E-state index is 12.7. The highest BCUT2D eigenvalue weighted by Gasteiger charge is 2.18. The summed E-state index contributed by atoms with van der Waals surface area (Å²) in [4.78, 5) is 3.21. The molecule has 0 saturated carbocycles. The lowest BCUT2D eigenvalue weighted by molar-refractivity contribution is 0.139. The number of methoxy groups -OCH3 is 1. The van der Waals surface area contributed by atoms with E-state index >= 15 is 0 Å². The van der Waals surface area contributed by atoms with Crippen LogP contribution >= 0.6 is 11.6 Å². The van der Waals surface area contributed by atoms with Gasteiger partial charge in [-0.2, -0.15) is 0 Å². The van der Waals surface area contributed by atoms with Crippen molar-refractivity contribution in [2.45, 2.75) is 6.43 Å². The molecule has 0 aromatic carbocycles. The van der Waals surface area contributed by atoms with E-state index in [9.17, 15) is 13.2 Å². The number of aromatic nitrogens is 1. The fourth-order valence-electron chi connectivity index (χ4n) is 0.759. The van der Waals surface area contributed by atoms with E-state index < -0.39 is 17.9 Å². The first kappa shape index (κ1) is 10.1. The van der Waals surface area contributed by atoms with Crippen LogP contribution < -0.4 is 4.74 Å². The highest BCUT2D eigenvalue weighted by atomic mass is 35.5. The van der Waals surface area contributed by atoms with Gasteiger partial charge in [-0.3, -0.25) is 0 Å². The number of hydrogen-bond donors (Lipinski definition) is 0. The van der Waals surface area contributed by atoms with Crippen LogP contribution in [0.3, 0.4) is 0 Å². The molecule has 0 aliphatic rings. The van der Waals surface area contributed by atoms with Crippen LogP contribution in [0.5, 0.6) is 5.88 Å². The third-order valence-electron chi connectivity index (χ3n) is 1.32. The van der Waals surface area contributed by atoms with Gasteiger partial charge >= 0.3 is 0 Å². The number of hydrogen-bond acceptors (Lipinski definition) is 2. The van der Waals surface area contributed by atoms with Crippen LogP contribution in [0.1, 0.15) is 12.1 Å². The average molecular weight is 212 g/mol. The summed E-state index contributed by atoms with van der Waals surface area (Å²) in [5, 5.41) is -0.135. The minimum Gasteiger partial charge on any atom is -0.480 e. The van der Waals surface area contributed by atoms with E-state index in [0.717, 1.165) is 6.07 Å². The van der Waals surface area contributed by atoms with Crippen LogP contribution in [0.25, 0.3) is 0 Å². The van der Waals surface area contributed by atoms with Gasteiger partial charge in [0.1, 0.15) is 10.7 Å². The summed E-state index contributed by atoms with van der Waals surface area (Å²) in [7, 11) is 1.21. The Kier molecular flexibility index (Phi) is 2.98. The molecule has 1 aromatic heterocycles. The smallest absolute Gasteiger partial charge is 0.283 e. The molecule has 0 bridgehead atoms. The highest BCUT2D eigenvalue weighted by molar-refractivity contribution is 6.31. The van der Waals surface area contributed by atoms with Crippen LogP contribution in [-0.4, -0.2) is 12.1 Å². The van der Waals surface area contributed by atoms with Gasteiger partial charge in [0.05, 0.1) is 7.11 Å². The second kappa shape index (κ2) is 3.83. The Hall–Kier alpha value is -0.970. The van der Waals surface area contributed by atoms with E-state index in [1.165, 1.54) is 7.11 Å². The van der Waals surface area contributed by atoms with Crippen molar-refractivity contribution in [1.29, 1.82) is 0 Å². The molecule has 72 valence electrons. The molecule has 6 heteroatoms. The van der Waals surface area contributed by atoms with Crippen molar-refractivity contribution in [3.05, 3.63) is 22.6 Å². The molecule has 0 N–H and O–H groups in total. The van der Waals surface area contributed by atoms with E-state index in [4.69, 9.17) is 11.6 Å². The maximum Gasteiger partial charge on any atom is 0.283 e. The lowest BCUT2D eigenvalue weighted by Gasteiger charge is -2.05.